The molecule has 2 aromatic rings. The highest BCUT2D eigenvalue weighted by atomic mass is 16.4. The molecule has 0 amide bonds. The molecule has 2 aromatic carbocycles. The molecule has 1 atom stereocenters. The monoisotopic (exact) mass is 313 g/mol. The Kier molecular flexibility index (Phi) is 5.13. The fraction of sp³-hybridized carbons (Fsp3) is 0.222. The number of ketones is 1. The summed E-state index contributed by atoms with van der Waals surface area (Å²) in [5, 5.41) is 18.9. The molecule has 0 aliphatic heterocycles. The predicted octanol–water partition coefficient (Wildman–Crippen LogP) is 2.78. The average Bonchev–Trinajstić information content (AvgIpc) is 2.55. The first kappa shape index (κ1) is 16.7. The molecule has 0 aliphatic carbocycles. The number of rotatable bonds is 6. The lowest BCUT2D eigenvalue weighted by Crippen LogP contribution is -2.32. The van der Waals surface area contributed by atoms with Gasteiger partial charge in [-0.2, -0.15) is 0 Å². The summed E-state index contributed by atoms with van der Waals surface area (Å²) in [7, 11) is 0. The van der Waals surface area contributed by atoms with Crippen LogP contribution in [0.5, 0.6) is 0 Å². The van der Waals surface area contributed by atoms with Gasteiger partial charge < -0.3 is 15.1 Å². The molecule has 5 heteroatoms. The van der Waals surface area contributed by atoms with Gasteiger partial charge in [0.05, 0.1) is 5.56 Å². The Labute approximate surface area is 134 Å². The van der Waals surface area contributed by atoms with Crippen LogP contribution in [-0.2, 0) is 0 Å². The SMILES string of the molecule is CCN(c1ccc(C(=O)c2ccccc2C(=O)O)cc1)C(C)O. The summed E-state index contributed by atoms with van der Waals surface area (Å²) in [5.74, 6) is -1.47. The summed E-state index contributed by atoms with van der Waals surface area (Å²) in [6, 6.07) is 12.9. The van der Waals surface area contributed by atoms with Crippen molar-refractivity contribution in [1.29, 1.82) is 0 Å². The third kappa shape index (κ3) is 3.57. The number of aromatic carboxylic acids is 1. The number of carbonyl (C=O) groups excluding carboxylic acids is 1. The van der Waals surface area contributed by atoms with Gasteiger partial charge in [-0.05, 0) is 44.2 Å². The number of benzene rings is 2. The number of carbonyl (C=O) groups is 2. The molecule has 0 saturated heterocycles. The zero-order chi connectivity index (χ0) is 17.0. The van der Waals surface area contributed by atoms with Crippen LogP contribution in [0.2, 0.25) is 0 Å². The standard InChI is InChI=1S/C18H19NO4/c1-3-19(12(2)20)14-10-8-13(9-11-14)17(21)15-6-4-5-7-16(15)18(22)23/h4-12,20H,3H2,1-2H3,(H,22,23). The van der Waals surface area contributed by atoms with Crippen LogP contribution in [-0.4, -0.2) is 34.7 Å². The maximum Gasteiger partial charge on any atom is 0.336 e. The molecule has 0 saturated carbocycles. The fourth-order valence-corrected chi connectivity index (χ4v) is 2.49. The largest absolute Gasteiger partial charge is 0.478 e. The van der Waals surface area contributed by atoms with Crippen molar-refractivity contribution in [3.05, 3.63) is 65.2 Å². The van der Waals surface area contributed by atoms with E-state index in [0.29, 0.717) is 12.1 Å². The van der Waals surface area contributed by atoms with Crippen LogP contribution >= 0.6 is 0 Å². The summed E-state index contributed by atoms with van der Waals surface area (Å²) in [6.45, 7) is 4.23. The Balaban J connectivity index is 2.33. The molecule has 23 heavy (non-hydrogen) atoms. The van der Waals surface area contributed by atoms with E-state index in [2.05, 4.69) is 0 Å². The van der Waals surface area contributed by atoms with Gasteiger partial charge in [-0.3, -0.25) is 4.79 Å². The second-order valence-corrected chi connectivity index (χ2v) is 5.14. The molecule has 0 aromatic heterocycles. The zero-order valence-corrected chi connectivity index (χ0v) is 13.1. The van der Waals surface area contributed by atoms with E-state index in [1.807, 2.05) is 6.92 Å². The van der Waals surface area contributed by atoms with Gasteiger partial charge >= 0.3 is 5.97 Å². The van der Waals surface area contributed by atoms with Crippen molar-refractivity contribution in [3.63, 3.8) is 0 Å². The number of nitrogens with zero attached hydrogens (tertiary/aromatic N) is 1. The predicted molar refractivity (Wildman–Crippen MR) is 88.0 cm³/mol. The van der Waals surface area contributed by atoms with Gasteiger partial charge in [0, 0.05) is 23.4 Å². The number of aliphatic hydroxyl groups excluding tert-OH is 1. The summed E-state index contributed by atoms with van der Waals surface area (Å²) < 4.78 is 0. The number of hydrogen-bond donors (Lipinski definition) is 2. The minimum atomic E-state index is -1.13. The number of aliphatic hydroxyl groups is 1. The van der Waals surface area contributed by atoms with Crippen molar-refractivity contribution < 1.29 is 19.8 Å². The Morgan fingerprint density at radius 1 is 1.04 bits per heavy atom. The van der Waals surface area contributed by atoms with Gasteiger partial charge in [-0.15, -0.1) is 0 Å². The molecular formula is C18H19NO4. The fourth-order valence-electron chi connectivity index (χ4n) is 2.49. The van der Waals surface area contributed by atoms with E-state index in [-0.39, 0.29) is 16.9 Å². The van der Waals surface area contributed by atoms with E-state index < -0.39 is 12.2 Å². The van der Waals surface area contributed by atoms with Crippen LogP contribution in [0.15, 0.2) is 48.5 Å². The average molecular weight is 313 g/mol. The van der Waals surface area contributed by atoms with E-state index in [0.717, 1.165) is 5.69 Å². The first-order chi connectivity index (χ1) is 11.0. The molecule has 0 bridgehead atoms. The van der Waals surface area contributed by atoms with Gasteiger partial charge in [0.15, 0.2) is 5.78 Å². The number of anilines is 1. The normalized spacial score (nSPS) is 11.8. The molecule has 1 unspecified atom stereocenters. The summed E-state index contributed by atoms with van der Waals surface area (Å²) in [6.07, 6.45) is -0.630. The van der Waals surface area contributed by atoms with Crippen LogP contribution < -0.4 is 4.90 Å². The topological polar surface area (TPSA) is 77.8 Å². The third-order valence-corrected chi connectivity index (χ3v) is 3.65. The molecule has 0 heterocycles. The van der Waals surface area contributed by atoms with Gasteiger partial charge in [0.2, 0.25) is 0 Å². The van der Waals surface area contributed by atoms with Crippen molar-refractivity contribution in [2.24, 2.45) is 0 Å². The number of hydrogen-bond acceptors (Lipinski definition) is 4. The smallest absolute Gasteiger partial charge is 0.336 e. The Morgan fingerprint density at radius 2 is 1.61 bits per heavy atom. The van der Waals surface area contributed by atoms with Gasteiger partial charge in [0.25, 0.3) is 0 Å². The Bertz CT molecular complexity index is 707. The van der Waals surface area contributed by atoms with Gasteiger partial charge in [-0.1, -0.05) is 18.2 Å². The molecule has 2 N–H and O–H groups in total. The molecule has 0 aliphatic rings. The summed E-state index contributed by atoms with van der Waals surface area (Å²) >= 11 is 0. The van der Waals surface area contributed by atoms with Gasteiger partial charge in [-0.25, -0.2) is 4.79 Å². The lowest BCUT2D eigenvalue weighted by molar-refractivity contribution is 0.0692. The highest BCUT2D eigenvalue weighted by molar-refractivity contribution is 6.14. The first-order valence-electron chi connectivity index (χ1n) is 7.37. The molecular weight excluding hydrogens is 294 g/mol. The van der Waals surface area contributed by atoms with Crippen molar-refractivity contribution in [3.8, 4) is 0 Å². The summed E-state index contributed by atoms with van der Waals surface area (Å²) in [5.41, 5.74) is 1.35. The van der Waals surface area contributed by atoms with Crippen molar-refractivity contribution in [2.45, 2.75) is 20.1 Å². The second kappa shape index (κ2) is 7.07. The molecule has 2 rings (SSSR count). The van der Waals surface area contributed by atoms with Crippen LogP contribution in [0.3, 0.4) is 0 Å². The minimum absolute atomic E-state index is 0.0132. The van der Waals surface area contributed by atoms with E-state index in [1.165, 1.54) is 12.1 Å². The quantitative estimate of drug-likeness (QED) is 0.633. The first-order valence-corrected chi connectivity index (χ1v) is 7.37. The maximum atomic E-state index is 12.5. The third-order valence-electron chi connectivity index (χ3n) is 3.65. The molecule has 0 spiro atoms. The van der Waals surface area contributed by atoms with Crippen molar-refractivity contribution in [1.82, 2.24) is 0 Å². The highest BCUT2D eigenvalue weighted by Gasteiger charge is 2.18. The molecule has 0 fully saturated rings. The lowest BCUT2D eigenvalue weighted by Gasteiger charge is -2.26. The minimum Gasteiger partial charge on any atom is -0.478 e. The van der Waals surface area contributed by atoms with E-state index in [1.54, 1.807) is 48.2 Å². The summed E-state index contributed by atoms with van der Waals surface area (Å²) in [4.78, 5) is 25.5. The Hall–Kier alpha value is -2.66. The molecule has 0 radical (unpaired) electrons. The van der Waals surface area contributed by atoms with E-state index >= 15 is 0 Å². The Morgan fingerprint density at radius 3 is 2.09 bits per heavy atom. The van der Waals surface area contributed by atoms with Crippen molar-refractivity contribution >= 4 is 17.4 Å². The van der Waals surface area contributed by atoms with E-state index in [4.69, 9.17) is 0 Å². The van der Waals surface area contributed by atoms with Crippen LogP contribution in [0.1, 0.15) is 40.1 Å². The number of carboxylic acid groups (broad SMARTS) is 1. The van der Waals surface area contributed by atoms with Crippen molar-refractivity contribution in [2.75, 3.05) is 11.4 Å². The second-order valence-electron chi connectivity index (χ2n) is 5.14. The lowest BCUT2D eigenvalue weighted by atomic mass is 9.98. The highest BCUT2D eigenvalue weighted by Crippen LogP contribution is 2.20. The van der Waals surface area contributed by atoms with Crippen LogP contribution in [0, 0.1) is 0 Å². The molecule has 120 valence electrons. The van der Waals surface area contributed by atoms with Crippen LogP contribution in [0.4, 0.5) is 5.69 Å². The molecule has 5 nitrogen and oxygen atoms in total. The maximum absolute atomic E-state index is 12.5. The number of carboxylic acids is 1. The zero-order valence-electron chi connectivity index (χ0n) is 13.1. The van der Waals surface area contributed by atoms with Crippen LogP contribution in [0.25, 0.3) is 0 Å². The van der Waals surface area contributed by atoms with E-state index in [9.17, 15) is 19.8 Å². The van der Waals surface area contributed by atoms with Gasteiger partial charge in [0.1, 0.15) is 6.23 Å².